The lowest BCUT2D eigenvalue weighted by Gasteiger charge is -2.15. The second-order valence-electron chi connectivity index (χ2n) is 4.84. The fourth-order valence-corrected chi connectivity index (χ4v) is 2.94. The molecule has 3 nitrogen and oxygen atoms in total. The van der Waals surface area contributed by atoms with Crippen LogP contribution in [0.15, 0.2) is 33.5 Å². The van der Waals surface area contributed by atoms with E-state index in [0.29, 0.717) is 0 Å². The zero-order chi connectivity index (χ0) is 13.3. The Morgan fingerprint density at radius 1 is 1.37 bits per heavy atom. The molecule has 0 bridgehead atoms. The summed E-state index contributed by atoms with van der Waals surface area (Å²) in [7, 11) is 1.82. The summed E-state index contributed by atoms with van der Waals surface area (Å²) in [5, 5.41) is 11.0. The molecule has 0 radical (unpaired) electrons. The lowest BCUT2D eigenvalue weighted by Crippen LogP contribution is -2.37. The molecule has 1 aromatic heterocycles. The van der Waals surface area contributed by atoms with Gasteiger partial charge in [0.25, 0.3) is 0 Å². The van der Waals surface area contributed by atoms with Crippen molar-refractivity contribution in [2.24, 2.45) is 4.99 Å². The summed E-state index contributed by atoms with van der Waals surface area (Å²) in [5.74, 6) is 0.891. The molecular weight excluding hydrogens is 254 g/mol. The number of rotatable bonds is 5. The molecule has 0 aromatic carbocycles. The highest BCUT2D eigenvalue weighted by Crippen LogP contribution is 2.19. The number of hydrogen-bond acceptors (Lipinski definition) is 2. The summed E-state index contributed by atoms with van der Waals surface area (Å²) < 4.78 is 0. The monoisotopic (exact) mass is 277 g/mol. The fraction of sp³-hybridized carbons (Fsp3) is 0.533. The minimum atomic E-state index is 0.839. The molecular formula is C15H23N3S. The highest BCUT2D eigenvalue weighted by atomic mass is 32.1. The summed E-state index contributed by atoms with van der Waals surface area (Å²) in [5.41, 5.74) is 2.91. The van der Waals surface area contributed by atoms with Crippen molar-refractivity contribution >= 4 is 17.3 Å². The van der Waals surface area contributed by atoms with Gasteiger partial charge in [-0.1, -0.05) is 11.6 Å². The molecule has 0 amide bonds. The molecule has 0 saturated heterocycles. The Labute approximate surface area is 119 Å². The van der Waals surface area contributed by atoms with Gasteiger partial charge in [-0.25, -0.2) is 0 Å². The zero-order valence-corrected chi connectivity index (χ0v) is 12.4. The van der Waals surface area contributed by atoms with Crippen LogP contribution in [0.3, 0.4) is 0 Å². The average Bonchev–Trinajstić information content (AvgIpc) is 2.97. The third-order valence-electron chi connectivity index (χ3n) is 3.39. The molecule has 0 unspecified atom stereocenters. The Morgan fingerprint density at radius 3 is 3.00 bits per heavy atom. The highest BCUT2D eigenvalue weighted by Gasteiger charge is 2.04. The standard InChI is InChI=1S/C15H23N3S/c1-16-15(18-11-14-8-10-19-12-14)17-9-7-13-5-3-2-4-6-13/h5,8,10,12H,2-4,6-7,9,11H2,1H3,(H2,16,17,18). The molecule has 4 heteroatoms. The minimum Gasteiger partial charge on any atom is -0.356 e. The van der Waals surface area contributed by atoms with Gasteiger partial charge in [-0.2, -0.15) is 11.3 Å². The number of thiophene rings is 1. The largest absolute Gasteiger partial charge is 0.356 e. The van der Waals surface area contributed by atoms with E-state index in [2.05, 4.69) is 38.5 Å². The lowest BCUT2D eigenvalue weighted by molar-refractivity contribution is 0.665. The van der Waals surface area contributed by atoms with Crippen LogP contribution < -0.4 is 10.6 Å². The van der Waals surface area contributed by atoms with Gasteiger partial charge < -0.3 is 10.6 Å². The normalized spacial score (nSPS) is 16.1. The van der Waals surface area contributed by atoms with E-state index >= 15 is 0 Å². The van der Waals surface area contributed by atoms with E-state index in [-0.39, 0.29) is 0 Å². The molecule has 0 fully saturated rings. The first kappa shape index (κ1) is 14.1. The molecule has 104 valence electrons. The van der Waals surface area contributed by atoms with Crippen LogP contribution in [0.4, 0.5) is 0 Å². The van der Waals surface area contributed by atoms with E-state index in [1.165, 1.54) is 31.2 Å². The van der Waals surface area contributed by atoms with Crippen LogP contribution in [0.5, 0.6) is 0 Å². The van der Waals surface area contributed by atoms with E-state index in [0.717, 1.165) is 25.5 Å². The van der Waals surface area contributed by atoms with Crippen molar-refractivity contribution in [2.45, 2.75) is 38.6 Å². The first-order valence-corrected chi connectivity index (χ1v) is 7.96. The van der Waals surface area contributed by atoms with Gasteiger partial charge in [-0.15, -0.1) is 0 Å². The maximum atomic E-state index is 4.25. The number of nitrogens with one attached hydrogen (secondary N) is 2. The van der Waals surface area contributed by atoms with Gasteiger partial charge >= 0.3 is 0 Å². The van der Waals surface area contributed by atoms with Crippen molar-refractivity contribution in [3.63, 3.8) is 0 Å². The Hall–Kier alpha value is -1.29. The second-order valence-corrected chi connectivity index (χ2v) is 5.62. The summed E-state index contributed by atoms with van der Waals surface area (Å²) in [6.45, 7) is 1.81. The Kier molecular flexibility index (Phi) is 5.95. The molecule has 0 atom stereocenters. The van der Waals surface area contributed by atoms with Gasteiger partial charge in [0, 0.05) is 20.1 Å². The number of aliphatic imine (C=N–C) groups is 1. The van der Waals surface area contributed by atoms with Crippen LogP contribution in [0.1, 0.15) is 37.7 Å². The highest BCUT2D eigenvalue weighted by molar-refractivity contribution is 7.07. The summed E-state index contributed by atoms with van der Waals surface area (Å²) >= 11 is 1.73. The molecule has 1 aliphatic carbocycles. The number of guanidine groups is 1. The number of nitrogens with zero attached hydrogens (tertiary/aromatic N) is 1. The molecule has 19 heavy (non-hydrogen) atoms. The van der Waals surface area contributed by atoms with Crippen LogP contribution in [0.25, 0.3) is 0 Å². The van der Waals surface area contributed by atoms with Gasteiger partial charge in [-0.05, 0) is 54.5 Å². The summed E-state index contributed by atoms with van der Waals surface area (Å²) in [4.78, 5) is 4.25. The Morgan fingerprint density at radius 2 is 2.32 bits per heavy atom. The third-order valence-corrected chi connectivity index (χ3v) is 4.12. The summed E-state index contributed by atoms with van der Waals surface area (Å²) in [6.07, 6.45) is 8.81. The predicted octanol–water partition coefficient (Wildman–Crippen LogP) is 3.30. The van der Waals surface area contributed by atoms with Gasteiger partial charge in [0.1, 0.15) is 0 Å². The van der Waals surface area contributed by atoms with Crippen LogP contribution in [-0.2, 0) is 6.54 Å². The van der Waals surface area contributed by atoms with Gasteiger partial charge in [-0.3, -0.25) is 4.99 Å². The zero-order valence-electron chi connectivity index (χ0n) is 11.6. The maximum Gasteiger partial charge on any atom is 0.191 e. The first-order valence-electron chi connectivity index (χ1n) is 7.02. The molecule has 0 aliphatic heterocycles. The number of hydrogen-bond donors (Lipinski definition) is 2. The average molecular weight is 277 g/mol. The molecule has 0 spiro atoms. The molecule has 0 saturated carbocycles. The fourth-order valence-electron chi connectivity index (χ4n) is 2.27. The van der Waals surface area contributed by atoms with Crippen molar-refractivity contribution < 1.29 is 0 Å². The lowest BCUT2D eigenvalue weighted by atomic mass is 9.97. The van der Waals surface area contributed by atoms with E-state index in [9.17, 15) is 0 Å². The van der Waals surface area contributed by atoms with Crippen molar-refractivity contribution in [2.75, 3.05) is 13.6 Å². The molecule has 1 heterocycles. The van der Waals surface area contributed by atoms with E-state index in [1.807, 2.05) is 7.05 Å². The quantitative estimate of drug-likeness (QED) is 0.492. The maximum absolute atomic E-state index is 4.25. The molecule has 1 aromatic rings. The Balaban J connectivity index is 1.66. The van der Waals surface area contributed by atoms with Gasteiger partial charge in [0.05, 0.1) is 0 Å². The van der Waals surface area contributed by atoms with E-state index in [1.54, 1.807) is 16.9 Å². The van der Waals surface area contributed by atoms with Crippen LogP contribution in [-0.4, -0.2) is 19.6 Å². The van der Waals surface area contributed by atoms with Crippen molar-refractivity contribution in [3.05, 3.63) is 34.0 Å². The van der Waals surface area contributed by atoms with Gasteiger partial charge in [0.2, 0.25) is 0 Å². The topological polar surface area (TPSA) is 36.4 Å². The third kappa shape index (κ3) is 5.07. The van der Waals surface area contributed by atoms with Gasteiger partial charge in [0.15, 0.2) is 5.96 Å². The van der Waals surface area contributed by atoms with Crippen LogP contribution >= 0.6 is 11.3 Å². The van der Waals surface area contributed by atoms with Crippen molar-refractivity contribution in [1.82, 2.24) is 10.6 Å². The van der Waals surface area contributed by atoms with E-state index < -0.39 is 0 Å². The van der Waals surface area contributed by atoms with Crippen molar-refractivity contribution in [1.29, 1.82) is 0 Å². The first-order chi connectivity index (χ1) is 9.38. The molecule has 2 rings (SSSR count). The second kappa shape index (κ2) is 8.00. The van der Waals surface area contributed by atoms with Crippen LogP contribution in [0.2, 0.25) is 0 Å². The SMILES string of the molecule is CN=C(NCCC1=CCCCC1)NCc1ccsc1. The molecule has 2 N–H and O–H groups in total. The van der Waals surface area contributed by atoms with E-state index in [4.69, 9.17) is 0 Å². The van der Waals surface area contributed by atoms with Crippen LogP contribution in [0, 0.1) is 0 Å². The Bertz CT molecular complexity index is 421. The predicted molar refractivity (Wildman–Crippen MR) is 83.7 cm³/mol. The summed E-state index contributed by atoms with van der Waals surface area (Å²) in [6, 6.07) is 2.14. The smallest absolute Gasteiger partial charge is 0.191 e. The number of allylic oxidation sites excluding steroid dienone is 1. The minimum absolute atomic E-state index is 0.839. The molecule has 1 aliphatic rings. The van der Waals surface area contributed by atoms with Crippen molar-refractivity contribution in [3.8, 4) is 0 Å².